The summed E-state index contributed by atoms with van der Waals surface area (Å²) in [5, 5.41) is 3.87. The van der Waals surface area contributed by atoms with Crippen LogP contribution >= 0.6 is 0 Å². The summed E-state index contributed by atoms with van der Waals surface area (Å²) >= 11 is 0. The molecule has 0 amide bonds. The Morgan fingerprint density at radius 3 is 2.35 bits per heavy atom. The Bertz CT molecular complexity index is 1380. The third-order valence-corrected chi connectivity index (χ3v) is 6.12. The highest BCUT2D eigenvalue weighted by Gasteiger charge is 2.34. The Morgan fingerprint density at radius 1 is 0.973 bits per heavy atom. The second kappa shape index (κ2) is 10.3. The van der Waals surface area contributed by atoms with Crippen LogP contribution in [0.2, 0.25) is 0 Å². The first-order valence-corrected chi connectivity index (χ1v) is 11.7. The molecule has 3 heterocycles. The van der Waals surface area contributed by atoms with Gasteiger partial charge in [0.15, 0.2) is 0 Å². The fourth-order valence-electron chi connectivity index (χ4n) is 4.12. The van der Waals surface area contributed by atoms with Crippen LogP contribution in [0.1, 0.15) is 37.2 Å². The van der Waals surface area contributed by atoms with Crippen molar-refractivity contribution >= 4 is 16.7 Å². The molecule has 4 aromatic rings. The number of hydrogen-bond donors (Lipinski definition) is 1. The molecule has 11 heteroatoms. The van der Waals surface area contributed by atoms with Crippen molar-refractivity contribution in [3.8, 4) is 16.9 Å². The molecular formula is C26H23F4N5O2. The maximum absolute atomic E-state index is 13.6. The molecule has 1 aliphatic rings. The van der Waals surface area contributed by atoms with Crippen LogP contribution in [0.15, 0.2) is 55.1 Å². The van der Waals surface area contributed by atoms with Gasteiger partial charge in [0.2, 0.25) is 5.82 Å². The lowest BCUT2D eigenvalue weighted by molar-refractivity contribution is -0.145. The van der Waals surface area contributed by atoms with Crippen LogP contribution in [0.25, 0.3) is 22.0 Å². The average Bonchev–Trinajstić information content (AvgIpc) is 2.89. The number of benzene rings is 2. The van der Waals surface area contributed by atoms with Crippen molar-refractivity contribution in [1.82, 2.24) is 19.9 Å². The summed E-state index contributed by atoms with van der Waals surface area (Å²) in [5.74, 6) is -0.533. The van der Waals surface area contributed by atoms with Crippen molar-refractivity contribution in [2.75, 3.05) is 18.5 Å². The number of halogens is 4. The quantitative estimate of drug-likeness (QED) is 0.318. The molecule has 7 nitrogen and oxygen atoms in total. The molecule has 2 aromatic heterocycles. The number of aromatic nitrogens is 4. The summed E-state index contributed by atoms with van der Waals surface area (Å²) in [6.07, 6.45) is 0.494. The van der Waals surface area contributed by atoms with Crippen molar-refractivity contribution in [1.29, 1.82) is 0 Å². The van der Waals surface area contributed by atoms with Crippen LogP contribution in [-0.2, 0) is 10.9 Å². The standard InChI is InChI=1S/C26H23F4N5O2/c1-15(18-12-31-25(32-13-18)26(28,29)30)35-24-21-10-17(16-2-4-19(27)5-3-16)11-22(23(21)33-14-34-24)37-20-6-8-36-9-7-20/h2-5,10-15,20H,6-9H2,1H3,(H,33,34,35)/t15-/m1/s1. The van der Waals surface area contributed by atoms with E-state index in [0.717, 1.165) is 36.4 Å². The van der Waals surface area contributed by atoms with E-state index in [1.165, 1.54) is 18.5 Å². The van der Waals surface area contributed by atoms with E-state index < -0.39 is 18.0 Å². The van der Waals surface area contributed by atoms with Gasteiger partial charge in [0.1, 0.15) is 35.3 Å². The lowest BCUT2D eigenvalue weighted by atomic mass is 10.0. The van der Waals surface area contributed by atoms with E-state index in [9.17, 15) is 17.6 Å². The smallest absolute Gasteiger partial charge is 0.451 e. The minimum absolute atomic E-state index is 0.0463. The fourth-order valence-corrected chi connectivity index (χ4v) is 4.12. The van der Waals surface area contributed by atoms with Gasteiger partial charge in [0, 0.05) is 36.2 Å². The topological polar surface area (TPSA) is 82.1 Å². The Labute approximate surface area is 209 Å². The molecule has 1 aliphatic heterocycles. The normalized spacial score (nSPS) is 15.5. The van der Waals surface area contributed by atoms with Crippen LogP contribution in [0.3, 0.4) is 0 Å². The summed E-state index contributed by atoms with van der Waals surface area (Å²) in [6.45, 7) is 2.98. The van der Waals surface area contributed by atoms with Gasteiger partial charge in [-0.15, -0.1) is 0 Å². The number of ether oxygens (including phenoxy) is 2. The number of anilines is 1. The Kier molecular flexibility index (Phi) is 6.88. The highest BCUT2D eigenvalue weighted by atomic mass is 19.4. The SMILES string of the molecule is C[C@@H](Nc1ncnc2c(OC3CCOCC3)cc(-c3ccc(F)cc3)cc12)c1cnc(C(F)(F)F)nc1. The van der Waals surface area contributed by atoms with E-state index in [0.29, 0.717) is 41.2 Å². The van der Waals surface area contributed by atoms with E-state index in [-0.39, 0.29) is 11.9 Å². The molecule has 0 unspecified atom stereocenters. The summed E-state index contributed by atoms with van der Waals surface area (Å²) < 4.78 is 63.9. The first-order valence-electron chi connectivity index (χ1n) is 11.7. The predicted octanol–water partition coefficient (Wildman–Crippen LogP) is 5.98. The number of fused-ring (bicyclic) bond motifs is 1. The van der Waals surface area contributed by atoms with Gasteiger partial charge in [0.05, 0.1) is 19.3 Å². The lowest BCUT2D eigenvalue weighted by Gasteiger charge is -2.24. The monoisotopic (exact) mass is 513 g/mol. The summed E-state index contributed by atoms with van der Waals surface area (Å²) in [4.78, 5) is 15.7. The fraction of sp³-hybridized carbons (Fsp3) is 0.308. The molecule has 0 radical (unpaired) electrons. The van der Waals surface area contributed by atoms with Gasteiger partial charge >= 0.3 is 6.18 Å². The minimum Gasteiger partial charge on any atom is -0.488 e. The van der Waals surface area contributed by atoms with Crippen LogP contribution in [0.4, 0.5) is 23.4 Å². The molecule has 1 N–H and O–H groups in total. The number of nitrogens with zero attached hydrogens (tertiary/aromatic N) is 4. The molecule has 1 fully saturated rings. The van der Waals surface area contributed by atoms with Crippen LogP contribution < -0.4 is 10.1 Å². The molecule has 0 saturated carbocycles. The summed E-state index contributed by atoms with van der Waals surface area (Å²) in [7, 11) is 0. The first-order chi connectivity index (χ1) is 17.8. The van der Waals surface area contributed by atoms with Crippen LogP contribution in [-0.4, -0.2) is 39.3 Å². The van der Waals surface area contributed by atoms with Crippen molar-refractivity contribution in [3.05, 3.63) is 72.3 Å². The van der Waals surface area contributed by atoms with E-state index in [4.69, 9.17) is 9.47 Å². The Balaban J connectivity index is 1.52. The number of alkyl halides is 3. The average molecular weight is 513 g/mol. The van der Waals surface area contributed by atoms with Crippen molar-refractivity contribution < 1.29 is 27.0 Å². The van der Waals surface area contributed by atoms with Gasteiger partial charge in [-0.2, -0.15) is 13.2 Å². The Morgan fingerprint density at radius 2 is 1.68 bits per heavy atom. The summed E-state index contributed by atoms with van der Waals surface area (Å²) in [5.41, 5.74) is 2.58. The zero-order valence-corrected chi connectivity index (χ0v) is 19.8. The zero-order valence-electron chi connectivity index (χ0n) is 19.8. The van der Waals surface area contributed by atoms with Gasteiger partial charge in [0.25, 0.3) is 0 Å². The molecule has 37 heavy (non-hydrogen) atoms. The highest BCUT2D eigenvalue weighted by Crippen LogP contribution is 2.36. The van der Waals surface area contributed by atoms with Gasteiger partial charge in [-0.25, -0.2) is 24.3 Å². The van der Waals surface area contributed by atoms with E-state index >= 15 is 0 Å². The third kappa shape index (κ3) is 5.61. The van der Waals surface area contributed by atoms with Crippen LogP contribution in [0, 0.1) is 5.82 Å². The van der Waals surface area contributed by atoms with Crippen molar-refractivity contribution in [2.24, 2.45) is 0 Å². The zero-order chi connectivity index (χ0) is 26.0. The third-order valence-electron chi connectivity index (χ3n) is 6.12. The maximum atomic E-state index is 13.6. The second-order valence-electron chi connectivity index (χ2n) is 8.73. The van der Waals surface area contributed by atoms with E-state index in [2.05, 4.69) is 25.3 Å². The van der Waals surface area contributed by atoms with E-state index in [1.54, 1.807) is 19.1 Å². The summed E-state index contributed by atoms with van der Waals surface area (Å²) in [6, 6.07) is 9.39. The van der Waals surface area contributed by atoms with Crippen molar-refractivity contribution in [2.45, 2.75) is 38.1 Å². The minimum atomic E-state index is -4.62. The second-order valence-corrected chi connectivity index (χ2v) is 8.73. The highest BCUT2D eigenvalue weighted by molar-refractivity contribution is 5.96. The van der Waals surface area contributed by atoms with Gasteiger partial charge in [-0.3, -0.25) is 0 Å². The number of rotatable bonds is 6. The molecule has 0 spiro atoms. The number of hydrogen-bond acceptors (Lipinski definition) is 7. The maximum Gasteiger partial charge on any atom is 0.451 e. The van der Waals surface area contributed by atoms with Gasteiger partial charge in [-0.05, 0) is 42.3 Å². The molecule has 192 valence electrons. The molecule has 0 aliphatic carbocycles. The first kappa shape index (κ1) is 24.8. The molecular weight excluding hydrogens is 490 g/mol. The van der Waals surface area contributed by atoms with Crippen molar-refractivity contribution in [3.63, 3.8) is 0 Å². The largest absolute Gasteiger partial charge is 0.488 e. The molecule has 5 rings (SSSR count). The molecule has 1 atom stereocenters. The Hall–Kier alpha value is -3.86. The molecule has 2 aromatic carbocycles. The lowest BCUT2D eigenvalue weighted by Crippen LogP contribution is -2.26. The van der Waals surface area contributed by atoms with Crippen LogP contribution in [0.5, 0.6) is 5.75 Å². The van der Waals surface area contributed by atoms with Gasteiger partial charge in [-0.1, -0.05) is 12.1 Å². The molecule has 1 saturated heterocycles. The van der Waals surface area contributed by atoms with E-state index in [1.807, 2.05) is 12.1 Å². The predicted molar refractivity (Wildman–Crippen MR) is 128 cm³/mol. The van der Waals surface area contributed by atoms with Gasteiger partial charge < -0.3 is 14.8 Å². The molecule has 0 bridgehead atoms. The number of nitrogens with one attached hydrogen (secondary N) is 1.